The number of ether oxygens (including phenoxy) is 1. The van der Waals surface area contributed by atoms with Gasteiger partial charge in [-0.3, -0.25) is 0 Å². The van der Waals surface area contributed by atoms with Crippen LogP contribution >= 0.6 is 24.0 Å². The van der Waals surface area contributed by atoms with Crippen molar-refractivity contribution in [2.24, 2.45) is 4.99 Å². The molecular formula is C24H37IN6O. The van der Waals surface area contributed by atoms with Gasteiger partial charge in [0.05, 0.1) is 13.7 Å². The van der Waals surface area contributed by atoms with E-state index in [1.54, 1.807) is 7.11 Å². The Balaban J connectivity index is 0.00000363. The van der Waals surface area contributed by atoms with Crippen molar-refractivity contribution in [1.82, 2.24) is 20.1 Å². The molecule has 3 rings (SSSR count). The summed E-state index contributed by atoms with van der Waals surface area (Å²) in [7, 11) is 3.75. The molecule has 0 radical (unpaired) electrons. The van der Waals surface area contributed by atoms with Gasteiger partial charge in [-0.05, 0) is 48.9 Å². The Labute approximate surface area is 209 Å². The summed E-state index contributed by atoms with van der Waals surface area (Å²) >= 11 is 0. The first-order valence-corrected chi connectivity index (χ1v) is 11.2. The molecule has 1 aromatic carbocycles. The molecule has 2 aromatic rings. The summed E-state index contributed by atoms with van der Waals surface area (Å²) in [5, 5.41) is 3.40. The second kappa shape index (κ2) is 13.5. The maximum atomic E-state index is 5.25. The highest BCUT2D eigenvalue weighted by atomic mass is 127. The van der Waals surface area contributed by atoms with Crippen LogP contribution in [0.3, 0.4) is 0 Å². The third-order valence-electron chi connectivity index (χ3n) is 5.64. The van der Waals surface area contributed by atoms with Crippen LogP contribution in [0.25, 0.3) is 0 Å². The van der Waals surface area contributed by atoms with Gasteiger partial charge >= 0.3 is 0 Å². The number of likely N-dealkylation sites (N-methyl/N-ethyl adjacent to an activating group) is 1. The molecule has 0 amide bonds. The zero-order valence-corrected chi connectivity index (χ0v) is 22.1. The lowest BCUT2D eigenvalue weighted by Gasteiger charge is -2.34. The maximum absolute atomic E-state index is 5.25. The zero-order valence-electron chi connectivity index (χ0n) is 19.8. The summed E-state index contributed by atoms with van der Waals surface area (Å²) in [5.74, 6) is 2.82. The Morgan fingerprint density at radius 1 is 1.09 bits per heavy atom. The second-order valence-electron chi connectivity index (χ2n) is 7.82. The van der Waals surface area contributed by atoms with E-state index in [1.165, 1.54) is 11.1 Å². The first-order valence-electron chi connectivity index (χ1n) is 11.2. The van der Waals surface area contributed by atoms with Gasteiger partial charge < -0.3 is 24.8 Å². The van der Waals surface area contributed by atoms with Crippen molar-refractivity contribution in [3.63, 3.8) is 0 Å². The van der Waals surface area contributed by atoms with E-state index in [0.29, 0.717) is 6.54 Å². The number of nitrogens with one attached hydrogen (secondary N) is 1. The van der Waals surface area contributed by atoms with Gasteiger partial charge in [-0.15, -0.1) is 24.0 Å². The SMILES string of the molecule is CCNC(=NCc1ccnc(N2CCN(CC)CC2)c1)N(C)Cc1ccc(OC)cc1.I. The molecule has 0 aliphatic carbocycles. The summed E-state index contributed by atoms with van der Waals surface area (Å²) in [6.07, 6.45) is 1.90. The number of benzene rings is 1. The van der Waals surface area contributed by atoms with E-state index in [-0.39, 0.29) is 24.0 Å². The second-order valence-corrected chi connectivity index (χ2v) is 7.82. The van der Waals surface area contributed by atoms with Gasteiger partial charge in [0.2, 0.25) is 0 Å². The average molecular weight is 553 g/mol. The number of anilines is 1. The first-order chi connectivity index (χ1) is 15.1. The summed E-state index contributed by atoms with van der Waals surface area (Å²) in [5.41, 5.74) is 2.39. The number of hydrogen-bond donors (Lipinski definition) is 1. The Morgan fingerprint density at radius 3 is 2.44 bits per heavy atom. The van der Waals surface area contributed by atoms with Crippen LogP contribution in [-0.4, -0.2) is 74.2 Å². The van der Waals surface area contributed by atoms with Crippen molar-refractivity contribution in [2.45, 2.75) is 26.9 Å². The summed E-state index contributed by atoms with van der Waals surface area (Å²) in [4.78, 5) is 16.5. The molecule has 0 bridgehead atoms. The highest BCUT2D eigenvalue weighted by molar-refractivity contribution is 14.0. The predicted molar refractivity (Wildman–Crippen MR) is 143 cm³/mol. The summed E-state index contributed by atoms with van der Waals surface area (Å²) in [6.45, 7) is 11.9. The predicted octanol–water partition coefficient (Wildman–Crippen LogP) is 3.45. The monoisotopic (exact) mass is 552 g/mol. The lowest BCUT2D eigenvalue weighted by Crippen LogP contribution is -2.46. The third kappa shape index (κ3) is 7.51. The average Bonchev–Trinajstić information content (AvgIpc) is 2.82. The van der Waals surface area contributed by atoms with E-state index < -0.39 is 0 Å². The molecule has 1 aliphatic heterocycles. The highest BCUT2D eigenvalue weighted by Crippen LogP contribution is 2.16. The Hall–Kier alpha value is -2.07. The number of pyridine rings is 1. The fraction of sp³-hybridized carbons (Fsp3) is 0.500. The van der Waals surface area contributed by atoms with Crippen molar-refractivity contribution in [2.75, 3.05) is 58.3 Å². The van der Waals surface area contributed by atoms with Gasteiger partial charge in [0, 0.05) is 52.5 Å². The van der Waals surface area contributed by atoms with Crippen LogP contribution < -0.4 is 15.0 Å². The van der Waals surface area contributed by atoms with Gasteiger partial charge in [-0.1, -0.05) is 19.1 Å². The molecule has 32 heavy (non-hydrogen) atoms. The van der Waals surface area contributed by atoms with Crippen molar-refractivity contribution in [3.05, 3.63) is 53.7 Å². The molecule has 0 atom stereocenters. The fourth-order valence-electron chi connectivity index (χ4n) is 3.74. The third-order valence-corrected chi connectivity index (χ3v) is 5.64. The molecule has 8 heteroatoms. The summed E-state index contributed by atoms with van der Waals surface area (Å²) in [6, 6.07) is 12.4. The smallest absolute Gasteiger partial charge is 0.194 e. The first kappa shape index (κ1) is 26.2. The van der Waals surface area contributed by atoms with Crippen LogP contribution in [-0.2, 0) is 13.1 Å². The molecule has 7 nitrogen and oxygen atoms in total. The van der Waals surface area contributed by atoms with Gasteiger partial charge in [0.25, 0.3) is 0 Å². The van der Waals surface area contributed by atoms with E-state index in [9.17, 15) is 0 Å². The number of piperazine rings is 1. The van der Waals surface area contributed by atoms with Crippen molar-refractivity contribution >= 4 is 35.8 Å². The molecule has 176 valence electrons. The van der Waals surface area contributed by atoms with Gasteiger partial charge in [0.1, 0.15) is 11.6 Å². The van der Waals surface area contributed by atoms with Crippen LogP contribution in [0.15, 0.2) is 47.6 Å². The molecule has 0 unspecified atom stereocenters. The van der Waals surface area contributed by atoms with Crippen LogP contribution in [0, 0.1) is 0 Å². The Kier molecular flexibility index (Phi) is 11.0. The molecule has 1 aromatic heterocycles. The van der Waals surface area contributed by atoms with E-state index in [2.05, 4.69) is 70.2 Å². The van der Waals surface area contributed by atoms with Crippen LogP contribution in [0.1, 0.15) is 25.0 Å². The molecule has 1 aliphatic rings. The van der Waals surface area contributed by atoms with E-state index in [1.807, 2.05) is 18.3 Å². The number of halogens is 1. The Bertz CT molecular complexity index is 837. The minimum atomic E-state index is 0. The Morgan fingerprint density at radius 2 is 1.81 bits per heavy atom. The molecule has 1 fully saturated rings. The number of hydrogen-bond acceptors (Lipinski definition) is 5. The van der Waals surface area contributed by atoms with Crippen LogP contribution in [0.2, 0.25) is 0 Å². The largest absolute Gasteiger partial charge is 0.497 e. The lowest BCUT2D eigenvalue weighted by molar-refractivity contribution is 0.270. The normalized spacial score (nSPS) is 14.6. The molecule has 0 spiro atoms. The minimum absolute atomic E-state index is 0. The van der Waals surface area contributed by atoms with Crippen LogP contribution in [0.5, 0.6) is 5.75 Å². The quantitative estimate of drug-likeness (QED) is 0.308. The van der Waals surface area contributed by atoms with Crippen molar-refractivity contribution in [3.8, 4) is 5.75 Å². The topological polar surface area (TPSA) is 56.2 Å². The van der Waals surface area contributed by atoms with Crippen LogP contribution in [0.4, 0.5) is 5.82 Å². The fourth-order valence-corrected chi connectivity index (χ4v) is 3.74. The minimum Gasteiger partial charge on any atom is -0.497 e. The number of rotatable bonds is 8. The maximum Gasteiger partial charge on any atom is 0.194 e. The molecular weight excluding hydrogens is 515 g/mol. The lowest BCUT2D eigenvalue weighted by atomic mass is 10.2. The molecule has 0 saturated carbocycles. The molecule has 2 heterocycles. The van der Waals surface area contributed by atoms with Gasteiger partial charge in [0.15, 0.2) is 5.96 Å². The number of methoxy groups -OCH3 is 1. The van der Waals surface area contributed by atoms with E-state index in [4.69, 9.17) is 9.73 Å². The number of guanidine groups is 1. The van der Waals surface area contributed by atoms with E-state index in [0.717, 1.165) is 63.3 Å². The van der Waals surface area contributed by atoms with Gasteiger partial charge in [-0.2, -0.15) is 0 Å². The van der Waals surface area contributed by atoms with E-state index >= 15 is 0 Å². The number of nitrogens with zero attached hydrogens (tertiary/aromatic N) is 5. The zero-order chi connectivity index (χ0) is 22.1. The standard InChI is InChI=1S/C24H36N6O.HI/c1-5-25-24(28(3)19-20-7-9-22(31-4)10-8-20)27-18-21-11-12-26-23(17-21)30-15-13-29(6-2)14-16-30;/h7-12,17H,5-6,13-16,18-19H2,1-4H3,(H,25,27);1H. The number of aromatic nitrogens is 1. The number of aliphatic imine (C=N–C) groups is 1. The molecule has 1 saturated heterocycles. The molecule has 1 N–H and O–H groups in total. The van der Waals surface area contributed by atoms with Crippen molar-refractivity contribution in [1.29, 1.82) is 0 Å². The van der Waals surface area contributed by atoms with Gasteiger partial charge in [-0.25, -0.2) is 9.98 Å². The highest BCUT2D eigenvalue weighted by Gasteiger charge is 2.17. The summed E-state index contributed by atoms with van der Waals surface area (Å²) < 4.78 is 5.25. The van der Waals surface area contributed by atoms with Crippen molar-refractivity contribution < 1.29 is 4.74 Å².